The summed E-state index contributed by atoms with van der Waals surface area (Å²) in [5.41, 5.74) is -1.03. The van der Waals surface area contributed by atoms with Crippen LogP contribution in [0.25, 0.3) is 0 Å². The molecule has 25 heavy (non-hydrogen) atoms. The molecule has 0 spiro atoms. The number of nitrogens with one attached hydrogen (secondary N) is 1. The number of hydrogen-bond acceptors (Lipinski definition) is 6. The minimum Gasteiger partial charge on any atom is -0.465 e. The second-order valence-corrected chi connectivity index (χ2v) is 6.04. The maximum absolute atomic E-state index is 12.3. The number of carbonyl (C=O) groups is 3. The third-order valence-electron chi connectivity index (χ3n) is 3.98. The number of rotatable bonds is 6. The van der Waals surface area contributed by atoms with E-state index in [0.717, 1.165) is 0 Å². The molecule has 1 aromatic rings. The molecule has 1 N–H and O–H groups in total. The fraction of sp³-hybridized carbons (Fsp3) is 0.444. The largest absolute Gasteiger partial charge is 0.465 e. The molecule has 2 atom stereocenters. The Hall–Kier alpha value is -2.88. The van der Waals surface area contributed by atoms with E-state index in [1.807, 2.05) is 6.07 Å². The van der Waals surface area contributed by atoms with Crippen LogP contribution in [0.1, 0.15) is 48.4 Å². The van der Waals surface area contributed by atoms with Gasteiger partial charge in [-0.05, 0) is 31.9 Å². The summed E-state index contributed by atoms with van der Waals surface area (Å²) in [4.78, 5) is 36.2. The van der Waals surface area contributed by atoms with Crippen LogP contribution in [0, 0.1) is 17.2 Å². The monoisotopic (exact) mass is 346 g/mol. The SMILES string of the molecule is COC(=O)c1ccccc1C(=O)OC(C)C(=O)NC(C)(C#N)C(C)C. The van der Waals surface area contributed by atoms with E-state index in [1.54, 1.807) is 32.9 Å². The van der Waals surface area contributed by atoms with Crippen LogP contribution in [0.3, 0.4) is 0 Å². The predicted octanol–water partition coefficient (Wildman–Crippen LogP) is 2.07. The summed E-state index contributed by atoms with van der Waals surface area (Å²) >= 11 is 0. The molecular formula is C18H22N2O5. The van der Waals surface area contributed by atoms with E-state index >= 15 is 0 Å². The summed E-state index contributed by atoms with van der Waals surface area (Å²) in [5.74, 6) is -2.24. The minimum absolute atomic E-state index is 0.000838. The molecule has 0 saturated carbocycles. The van der Waals surface area contributed by atoms with E-state index in [-0.39, 0.29) is 17.0 Å². The molecule has 0 bridgehead atoms. The lowest BCUT2D eigenvalue weighted by Crippen LogP contribution is -2.52. The first kappa shape index (κ1) is 20.2. The van der Waals surface area contributed by atoms with Crippen molar-refractivity contribution in [3.8, 4) is 6.07 Å². The second kappa shape index (κ2) is 8.29. The van der Waals surface area contributed by atoms with E-state index in [4.69, 9.17) is 4.74 Å². The summed E-state index contributed by atoms with van der Waals surface area (Å²) in [7, 11) is 1.20. The standard InChI is InChI=1S/C18H22N2O5/c1-11(2)18(4,10-19)20-15(21)12(3)25-17(23)14-9-7-6-8-13(14)16(22)24-5/h6-9,11-12H,1-5H3,(H,20,21). The Labute approximate surface area is 146 Å². The second-order valence-electron chi connectivity index (χ2n) is 6.04. The fourth-order valence-corrected chi connectivity index (χ4v) is 1.89. The van der Waals surface area contributed by atoms with Gasteiger partial charge in [0, 0.05) is 0 Å². The van der Waals surface area contributed by atoms with Crippen molar-refractivity contribution < 1.29 is 23.9 Å². The highest BCUT2D eigenvalue weighted by Crippen LogP contribution is 2.16. The molecule has 0 aliphatic heterocycles. The van der Waals surface area contributed by atoms with Gasteiger partial charge >= 0.3 is 11.9 Å². The van der Waals surface area contributed by atoms with Gasteiger partial charge in [-0.25, -0.2) is 9.59 Å². The Morgan fingerprint density at radius 2 is 1.64 bits per heavy atom. The highest BCUT2D eigenvalue weighted by molar-refractivity contribution is 6.03. The van der Waals surface area contributed by atoms with E-state index in [9.17, 15) is 19.6 Å². The van der Waals surface area contributed by atoms with Gasteiger partial charge < -0.3 is 14.8 Å². The molecular weight excluding hydrogens is 324 g/mol. The van der Waals surface area contributed by atoms with Crippen LogP contribution in [-0.4, -0.2) is 36.6 Å². The average Bonchev–Trinajstić information content (AvgIpc) is 2.60. The van der Waals surface area contributed by atoms with Crippen molar-refractivity contribution in [2.24, 2.45) is 5.92 Å². The highest BCUT2D eigenvalue weighted by Gasteiger charge is 2.33. The summed E-state index contributed by atoms with van der Waals surface area (Å²) in [5, 5.41) is 11.8. The summed E-state index contributed by atoms with van der Waals surface area (Å²) < 4.78 is 9.76. The summed E-state index contributed by atoms with van der Waals surface area (Å²) in [6, 6.07) is 8.04. The van der Waals surface area contributed by atoms with Crippen molar-refractivity contribution >= 4 is 17.8 Å². The first-order valence-corrected chi connectivity index (χ1v) is 7.77. The van der Waals surface area contributed by atoms with Gasteiger partial charge in [-0.15, -0.1) is 0 Å². The Balaban J connectivity index is 2.90. The Bertz CT molecular complexity index is 708. The van der Waals surface area contributed by atoms with Gasteiger partial charge in [0.1, 0.15) is 5.54 Å². The molecule has 0 aliphatic rings. The molecule has 0 saturated heterocycles. The number of nitriles is 1. The molecule has 0 heterocycles. The summed E-state index contributed by atoms with van der Waals surface area (Å²) in [6.07, 6.45) is -1.13. The zero-order valence-electron chi connectivity index (χ0n) is 15.0. The first-order chi connectivity index (χ1) is 11.7. The fourth-order valence-electron chi connectivity index (χ4n) is 1.89. The van der Waals surface area contributed by atoms with Gasteiger partial charge in [0.05, 0.1) is 24.3 Å². The zero-order valence-corrected chi connectivity index (χ0v) is 15.0. The lowest BCUT2D eigenvalue weighted by atomic mass is 9.90. The number of hydrogen-bond donors (Lipinski definition) is 1. The van der Waals surface area contributed by atoms with Crippen molar-refractivity contribution in [3.63, 3.8) is 0 Å². The van der Waals surface area contributed by atoms with Gasteiger partial charge in [0.2, 0.25) is 0 Å². The van der Waals surface area contributed by atoms with Crippen LogP contribution < -0.4 is 5.32 Å². The number of amides is 1. The zero-order chi connectivity index (χ0) is 19.2. The Morgan fingerprint density at radius 1 is 1.12 bits per heavy atom. The van der Waals surface area contributed by atoms with Gasteiger partial charge in [-0.1, -0.05) is 26.0 Å². The minimum atomic E-state index is -1.13. The van der Waals surface area contributed by atoms with Crippen LogP contribution in [0.15, 0.2) is 24.3 Å². The molecule has 7 nitrogen and oxygen atoms in total. The van der Waals surface area contributed by atoms with Crippen LogP contribution >= 0.6 is 0 Å². The maximum atomic E-state index is 12.3. The van der Waals surface area contributed by atoms with Gasteiger partial charge in [0.25, 0.3) is 5.91 Å². The molecule has 0 aromatic heterocycles. The summed E-state index contributed by atoms with van der Waals surface area (Å²) in [6.45, 7) is 6.59. The molecule has 134 valence electrons. The van der Waals surface area contributed by atoms with Crippen molar-refractivity contribution in [1.29, 1.82) is 5.26 Å². The molecule has 0 radical (unpaired) electrons. The average molecular weight is 346 g/mol. The first-order valence-electron chi connectivity index (χ1n) is 7.77. The number of ether oxygens (including phenoxy) is 2. The van der Waals surface area contributed by atoms with E-state index < -0.39 is 29.5 Å². The molecule has 0 aliphatic carbocycles. The van der Waals surface area contributed by atoms with Crippen molar-refractivity contribution in [2.45, 2.75) is 39.3 Å². The third-order valence-corrected chi connectivity index (χ3v) is 3.98. The molecule has 1 aromatic carbocycles. The molecule has 1 rings (SSSR count). The molecule has 0 fully saturated rings. The van der Waals surface area contributed by atoms with Crippen molar-refractivity contribution in [1.82, 2.24) is 5.32 Å². The topological polar surface area (TPSA) is 105 Å². The number of nitrogens with zero attached hydrogens (tertiary/aromatic N) is 1. The quantitative estimate of drug-likeness (QED) is 0.791. The van der Waals surface area contributed by atoms with Gasteiger partial charge in [-0.3, -0.25) is 4.79 Å². The molecule has 7 heteroatoms. The van der Waals surface area contributed by atoms with Crippen LogP contribution in [0.5, 0.6) is 0 Å². The van der Waals surface area contributed by atoms with Gasteiger partial charge in [0.15, 0.2) is 6.10 Å². The van der Waals surface area contributed by atoms with E-state index in [1.165, 1.54) is 26.2 Å². The van der Waals surface area contributed by atoms with Gasteiger partial charge in [-0.2, -0.15) is 5.26 Å². The van der Waals surface area contributed by atoms with Crippen LogP contribution in [0.2, 0.25) is 0 Å². The lowest BCUT2D eigenvalue weighted by molar-refractivity contribution is -0.130. The number of esters is 2. The van der Waals surface area contributed by atoms with Crippen molar-refractivity contribution in [3.05, 3.63) is 35.4 Å². The maximum Gasteiger partial charge on any atom is 0.339 e. The Kier molecular flexibility index (Phi) is 6.68. The molecule has 2 unspecified atom stereocenters. The number of methoxy groups -OCH3 is 1. The smallest absolute Gasteiger partial charge is 0.339 e. The van der Waals surface area contributed by atoms with E-state index in [2.05, 4.69) is 10.1 Å². The third kappa shape index (κ3) is 4.80. The number of benzene rings is 1. The van der Waals surface area contributed by atoms with Crippen LogP contribution in [-0.2, 0) is 14.3 Å². The predicted molar refractivity (Wildman–Crippen MR) is 89.7 cm³/mol. The van der Waals surface area contributed by atoms with E-state index in [0.29, 0.717) is 0 Å². The lowest BCUT2D eigenvalue weighted by Gasteiger charge is -2.28. The van der Waals surface area contributed by atoms with Crippen LogP contribution in [0.4, 0.5) is 0 Å². The Morgan fingerprint density at radius 3 is 2.08 bits per heavy atom. The van der Waals surface area contributed by atoms with Crippen molar-refractivity contribution in [2.75, 3.05) is 7.11 Å². The highest BCUT2D eigenvalue weighted by atomic mass is 16.5. The number of carbonyl (C=O) groups excluding carboxylic acids is 3. The molecule has 1 amide bonds. The normalized spacial score (nSPS) is 14.0.